The quantitative estimate of drug-likeness (QED) is 0.178. The van der Waals surface area contributed by atoms with Crippen molar-refractivity contribution in [2.24, 2.45) is 4.99 Å². The normalized spacial score (nSPS) is 16.2. The highest BCUT2D eigenvalue weighted by Crippen LogP contribution is 2.41. The number of nitrogens with zero attached hydrogens (tertiary/aromatic N) is 1. The Kier molecular flexibility index (Phi) is 8.90. The molecule has 220 valence electrons. The number of Topliss-reactive ketones (excluding diaryl/α,β-unsaturated/α-hetero) is 2. The van der Waals surface area contributed by atoms with Crippen LogP contribution >= 0.6 is 0 Å². The molecule has 1 heterocycles. The average molecular weight is 584 g/mol. The first-order valence-electron chi connectivity index (χ1n) is 14.3. The molecule has 4 aromatic rings. The van der Waals surface area contributed by atoms with E-state index in [0.29, 0.717) is 59.4 Å². The lowest BCUT2D eigenvalue weighted by Crippen LogP contribution is -2.26. The van der Waals surface area contributed by atoms with E-state index < -0.39 is 40.8 Å². The van der Waals surface area contributed by atoms with E-state index in [0.717, 1.165) is 11.1 Å². The topological polar surface area (TPSA) is 55.7 Å². The number of halogens is 3. The Labute approximate surface area is 249 Å². The maximum Gasteiger partial charge on any atom is 0.193 e. The summed E-state index contributed by atoms with van der Waals surface area (Å²) in [5.41, 5.74) is 4.24. The molecule has 0 saturated heterocycles. The summed E-state index contributed by atoms with van der Waals surface area (Å²) in [4.78, 5) is 30.4. The van der Waals surface area contributed by atoms with Crippen molar-refractivity contribution in [1.82, 2.24) is 0 Å². The van der Waals surface area contributed by atoms with Gasteiger partial charge in [0.05, 0.1) is 12.7 Å². The SMILES string of the molecule is CCc1cc(F)c(C(=O)C2N=C(c3ccc(F)cc3)CC2c2cccc(CCc3cccc(C(C)=O)c3)c2OC)c(F)c1. The minimum atomic E-state index is -1.12. The molecule has 1 aliphatic rings. The summed E-state index contributed by atoms with van der Waals surface area (Å²) in [5, 5.41) is 0. The monoisotopic (exact) mass is 583 g/mol. The highest BCUT2D eigenvalue weighted by atomic mass is 19.1. The molecule has 0 bridgehead atoms. The van der Waals surface area contributed by atoms with Crippen LogP contribution in [0, 0.1) is 17.5 Å². The van der Waals surface area contributed by atoms with E-state index in [-0.39, 0.29) is 5.78 Å². The molecule has 0 spiro atoms. The second-order valence-electron chi connectivity index (χ2n) is 10.8. The van der Waals surface area contributed by atoms with Crippen molar-refractivity contribution >= 4 is 17.3 Å². The Bertz CT molecular complexity index is 1690. The minimum Gasteiger partial charge on any atom is -0.496 e. The van der Waals surface area contributed by atoms with E-state index in [4.69, 9.17) is 9.73 Å². The molecule has 4 aromatic carbocycles. The molecule has 0 saturated carbocycles. The third-order valence-corrected chi connectivity index (χ3v) is 8.04. The molecule has 7 heteroatoms. The van der Waals surface area contributed by atoms with Gasteiger partial charge in [-0.25, -0.2) is 13.2 Å². The predicted molar refractivity (Wildman–Crippen MR) is 161 cm³/mol. The van der Waals surface area contributed by atoms with Gasteiger partial charge in [-0.1, -0.05) is 55.5 Å². The standard InChI is InChI=1S/C36H32F3NO3/c1-4-22-18-30(38)33(31(39)19-22)35(42)34-29(20-32(40-34)24-13-15-27(37)16-14-24)28-10-6-8-25(36(28)43-3)12-11-23-7-5-9-26(17-23)21(2)41/h5-10,13-19,29,34H,4,11-12,20H2,1-3H3. The molecule has 0 N–H and O–H groups in total. The lowest BCUT2D eigenvalue weighted by atomic mass is 9.83. The van der Waals surface area contributed by atoms with Crippen LogP contribution in [0.25, 0.3) is 0 Å². The number of para-hydroxylation sites is 1. The van der Waals surface area contributed by atoms with Gasteiger partial charge in [0.25, 0.3) is 0 Å². The average Bonchev–Trinajstić information content (AvgIpc) is 3.45. The smallest absolute Gasteiger partial charge is 0.193 e. The highest BCUT2D eigenvalue weighted by Gasteiger charge is 2.40. The van der Waals surface area contributed by atoms with Gasteiger partial charge in [0.2, 0.25) is 0 Å². The van der Waals surface area contributed by atoms with Crippen molar-refractivity contribution < 1.29 is 27.5 Å². The molecule has 0 aliphatic carbocycles. The first-order chi connectivity index (χ1) is 20.7. The number of benzene rings is 4. The number of hydrogen-bond acceptors (Lipinski definition) is 4. The van der Waals surface area contributed by atoms with Crippen LogP contribution in [-0.4, -0.2) is 30.4 Å². The van der Waals surface area contributed by atoms with Gasteiger partial charge in [0, 0.05) is 22.8 Å². The maximum atomic E-state index is 15.1. The summed E-state index contributed by atoms with van der Waals surface area (Å²) in [6.07, 6.45) is 1.95. The zero-order valence-electron chi connectivity index (χ0n) is 24.3. The molecule has 5 rings (SSSR count). The largest absolute Gasteiger partial charge is 0.496 e. The van der Waals surface area contributed by atoms with E-state index >= 15 is 8.78 Å². The molecular formula is C36H32F3NO3. The lowest BCUT2D eigenvalue weighted by molar-refractivity contribution is 0.0945. The van der Waals surface area contributed by atoms with Gasteiger partial charge in [-0.3, -0.25) is 14.6 Å². The predicted octanol–water partition coefficient (Wildman–Crippen LogP) is 7.89. The van der Waals surface area contributed by atoms with Crippen molar-refractivity contribution in [3.05, 3.63) is 135 Å². The molecule has 0 aromatic heterocycles. The van der Waals surface area contributed by atoms with Gasteiger partial charge < -0.3 is 4.74 Å². The van der Waals surface area contributed by atoms with Gasteiger partial charge >= 0.3 is 0 Å². The fourth-order valence-electron chi connectivity index (χ4n) is 5.77. The Morgan fingerprint density at radius 3 is 2.23 bits per heavy atom. The van der Waals surface area contributed by atoms with E-state index in [1.165, 1.54) is 31.2 Å². The number of aryl methyl sites for hydroxylation is 3. The number of ketones is 2. The number of carbonyl (C=O) groups is 2. The van der Waals surface area contributed by atoms with Gasteiger partial charge in [0.1, 0.15) is 29.2 Å². The Hall–Kier alpha value is -4.52. The van der Waals surface area contributed by atoms with Gasteiger partial charge in [0.15, 0.2) is 11.6 Å². The van der Waals surface area contributed by atoms with Crippen molar-refractivity contribution in [3.8, 4) is 5.75 Å². The van der Waals surface area contributed by atoms with Crippen molar-refractivity contribution in [1.29, 1.82) is 0 Å². The molecule has 0 radical (unpaired) electrons. The maximum absolute atomic E-state index is 15.1. The van der Waals surface area contributed by atoms with Gasteiger partial charge in [-0.2, -0.15) is 0 Å². The Morgan fingerprint density at radius 1 is 0.884 bits per heavy atom. The Morgan fingerprint density at radius 2 is 1.58 bits per heavy atom. The minimum absolute atomic E-state index is 0.00691. The summed E-state index contributed by atoms with van der Waals surface area (Å²) < 4.78 is 49.9. The fourth-order valence-corrected chi connectivity index (χ4v) is 5.77. The van der Waals surface area contributed by atoms with Crippen molar-refractivity contribution in [2.75, 3.05) is 7.11 Å². The van der Waals surface area contributed by atoms with E-state index in [2.05, 4.69) is 0 Å². The van der Waals surface area contributed by atoms with Crippen LogP contribution in [0.3, 0.4) is 0 Å². The van der Waals surface area contributed by atoms with E-state index in [9.17, 15) is 14.0 Å². The lowest BCUT2D eigenvalue weighted by Gasteiger charge is -2.22. The molecule has 2 unspecified atom stereocenters. The van der Waals surface area contributed by atoms with Crippen LogP contribution in [0.4, 0.5) is 13.2 Å². The first kappa shape index (κ1) is 30.0. The van der Waals surface area contributed by atoms with E-state index in [1.807, 2.05) is 36.4 Å². The molecule has 1 aliphatic heterocycles. The summed E-state index contributed by atoms with van der Waals surface area (Å²) in [6.45, 7) is 3.31. The molecular weight excluding hydrogens is 551 g/mol. The third-order valence-electron chi connectivity index (χ3n) is 8.04. The number of methoxy groups -OCH3 is 1. The first-order valence-corrected chi connectivity index (χ1v) is 14.3. The van der Waals surface area contributed by atoms with Crippen molar-refractivity contribution in [3.63, 3.8) is 0 Å². The highest BCUT2D eigenvalue weighted by molar-refractivity contribution is 6.09. The van der Waals surface area contributed by atoms with Crippen LogP contribution in [0.2, 0.25) is 0 Å². The van der Waals surface area contributed by atoms with Crippen LogP contribution in [-0.2, 0) is 19.3 Å². The molecule has 43 heavy (non-hydrogen) atoms. The number of aliphatic imine (C=N–C) groups is 1. The number of ether oxygens (including phenoxy) is 1. The van der Waals surface area contributed by atoms with Crippen LogP contribution in [0.1, 0.15) is 74.7 Å². The molecule has 2 atom stereocenters. The number of carbonyl (C=O) groups excluding carboxylic acids is 2. The third kappa shape index (κ3) is 6.31. The Balaban J connectivity index is 1.53. The summed E-state index contributed by atoms with van der Waals surface area (Å²) >= 11 is 0. The van der Waals surface area contributed by atoms with Crippen LogP contribution in [0.5, 0.6) is 5.75 Å². The molecule has 0 fully saturated rings. The second-order valence-corrected chi connectivity index (χ2v) is 10.8. The number of rotatable bonds is 10. The fraction of sp³-hybridized carbons (Fsp3) is 0.250. The summed E-state index contributed by atoms with van der Waals surface area (Å²) in [5.74, 6) is -3.01. The summed E-state index contributed by atoms with van der Waals surface area (Å²) in [6, 6.07) is 20.2. The second kappa shape index (κ2) is 12.8. The van der Waals surface area contributed by atoms with Crippen LogP contribution in [0.15, 0.2) is 83.9 Å². The number of hydrogen-bond donors (Lipinski definition) is 0. The molecule has 4 nitrogen and oxygen atoms in total. The van der Waals surface area contributed by atoms with E-state index in [1.54, 1.807) is 32.2 Å². The van der Waals surface area contributed by atoms with Crippen molar-refractivity contribution in [2.45, 2.75) is 51.5 Å². The van der Waals surface area contributed by atoms with Gasteiger partial charge in [-0.15, -0.1) is 0 Å². The van der Waals surface area contributed by atoms with Gasteiger partial charge in [-0.05, 0) is 85.2 Å². The zero-order chi connectivity index (χ0) is 30.7. The van der Waals surface area contributed by atoms with Crippen LogP contribution < -0.4 is 4.74 Å². The zero-order valence-corrected chi connectivity index (χ0v) is 24.3. The summed E-state index contributed by atoms with van der Waals surface area (Å²) in [7, 11) is 1.55. The molecule has 0 amide bonds.